The van der Waals surface area contributed by atoms with Crippen molar-refractivity contribution in [2.45, 2.75) is 25.3 Å². The van der Waals surface area contributed by atoms with Crippen molar-refractivity contribution in [2.75, 3.05) is 5.32 Å². The van der Waals surface area contributed by atoms with Crippen LogP contribution in [0.15, 0.2) is 6.20 Å². The third-order valence-corrected chi connectivity index (χ3v) is 2.25. The number of aromatic carboxylic acids is 1. The predicted octanol–water partition coefficient (Wildman–Crippen LogP) is 1.07. The van der Waals surface area contributed by atoms with Gasteiger partial charge in [0, 0.05) is 6.04 Å². The minimum absolute atomic E-state index is 0.127. The Balaban J connectivity index is 2.00. The first-order chi connectivity index (χ1) is 6.25. The molecule has 1 aromatic heterocycles. The first-order valence-corrected chi connectivity index (χ1v) is 4.30. The molecule has 1 aliphatic carbocycles. The molecule has 0 aromatic carbocycles. The van der Waals surface area contributed by atoms with Gasteiger partial charge >= 0.3 is 5.97 Å². The lowest BCUT2D eigenvalue weighted by atomic mass is 9.93. The van der Waals surface area contributed by atoms with E-state index in [0.717, 1.165) is 12.8 Å². The Kier molecular flexibility index (Phi) is 1.92. The maximum Gasteiger partial charge on any atom is 0.354 e. The first-order valence-electron chi connectivity index (χ1n) is 4.30. The zero-order chi connectivity index (χ0) is 9.26. The fraction of sp³-hybridized carbons (Fsp3) is 0.500. The van der Waals surface area contributed by atoms with Crippen molar-refractivity contribution in [3.8, 4) is 0 Å². The van der Waals surface area contributed by atoms with E-state index in [-0.39, 0.29) is 5.69 Å². The van der Waals surface area contributed by atoms with Crippen LogP contribution in [0.1, 0.15) is 29.8 Å². The van der Waals surface area contributed by atoms with Crippen LogP contribution in [-0.4, -0.2) is 27.1 Å². The van der Waals surface area contributed by atoms with Crippen LogP contribution in [0.4, 0.5) is 5.95 Å². The highest BCUT2D eigenvalue weighted by atomic mass is 16.4. The van der Waals surface area contributed by atoms with E-state index in [1.165, 1.54) is 12.6 Å². The molecule has 1 aromatic rings. The summed E-state index contributed by atoms with van der Waals surface area (Å²) in [5.74, 6) is -0.420. The average molecular weight is 181 g/mol. The summed E-state index contributed by atoms with van der Waals surface area (Å²) in [6.45, 7) is 0. The van der Waals surface area contributed by atoms with Crippen molar-refractivity contribution in [3.05, 3.63) is 11.9 Å². The number of nitrogens with zero attached hydrogens (tertiary/aromatic N) is 1. The van der Waals surface area contributed by atoms with E-state index < -0.39 is 5.97 Å². The second-order valence-electron chi connectivity index (χ2n) is 3.22. The molecule has 13 heavy (non-hydrogen) atoms. The minimum Gasteiger partial charge on any atom is -0.477 e. The standard InChI is InChI=1S/C8H11N3O2/c12-7(13)6-4-9-8(11-6)10-5-2-1-3-5/h4-5H,1-3H2,(H,12,13)(H2,9,10,11). The lowest BCUT2D eigenvalue weighted by molar-refractivity contribution is 0.0691. The van der Waals surface area contributed by atoms with Crippen molar-refractivity contribution >= 4 is 11.9 Å². The van der Waals surface area contributed by atoms with Crippen LogP contribution in [-0.2, 0) is 0 Å². The van der Waals surface area contributed by atoms with E-state index in [1.54, 1.807) is 0 Å². The number of hydrogen-bond acceptors (Lipinski definition) is 3. The Morgan fingerprint density at radius 2 is 2.46 bits per heavy atom. The van der Waals surface area contributed by atoms with Crippen LogP contribution < -0.4 is 5.32 Å². The van der Waals surface area contributed by atoms with Gasteiger partial charge in [0.15, 0.2) is 0 Å². The number of carboxylic acid groups (broad SMARTS) is 1. The summed E-state index contributed by atoms with van der Waals surface area (Å²) in [5, 5.41) is 11.7. The summed E-state index contributed by atoms with van der Waals surface area (Å²) in [4.78, 5) is 17.1. The van der Waals surface area contributed by atoms with Crippen LogP contribution in [0.25, 0.3) is 0 Å². The summed E-state index contributed by atoms with van der Waals surface area (Å²) in [7, 11) is 0. The number of nitrogens with one attached hydrogen (secondary N) is 2. The van der Waals surface area contributed by atoms with E-state index in [2.05, 4.69) is 15.3 Å². The van der Waals surface area contributed by atoms with Gasteiger partial charge in [-0.15, -0.1) is 0 Å². The normalized spacial score (nSPS) is 16.6. The van der Waals surface area contributed by atoms with Gasteiger partial charge in [-0.05, 0) is 19.3 Å². The third kappa shape index (κ3) is 1.63. The van der Waals surface area contributed by atoms with Crippen molar-refractivity contribution in [1.29, 1.82) is 0 Å². The quantitative estimate of drug-likeness (QED) is 0.651. The molecule has 1 aliphatic rings. The Morgan fingerprint density at radius 1 is 1.69 bits per heavy atom. The molecular formula is C8H11N3O2. The Hall–Kier alpha value is -1.52. The van der Waals surface area contributed by atoms with Gasteiger partial charge in [-0.1, -0.05) is 0 Å². The van der Waals surface area contributed by atoms with Gasteiger partial charge < -0.3 is 15.4 Å². The second kappa shape index (κ2) is 3.08. The number of aromatic amines is 1. The highest BCUT2D eigenvalue weighted by Gasteiger charge is 2.18. The lowest BCUT2D eigenvalue weighted by Crippen LogP contribution is -2.27. The number of carboxylic acids is 1. The van der Waals surface area contributed by atoms with E-state index in [1.807, 2.05) is 0 Å². The molecule has 0 radical (unpaired) electrons. The average Bonchev–Trinajstić information content (AvgIpc) is 2.44. The molecule has 0 unspecified atom stereocenters. The van der Waals surface area contributed by atoms with Crippen LogP contribution in [0.5, 0.6) is 0 Å². The van der Waals surface area contributed by atoms with Gasteiger partial charge in [0.2, 0.25) is 5.95 Å². The van der Waals surface area contributed by atoms with E-state index in [4.69, 9.17) is 5.11 Å². The summed E-state index contributed by atoms with van der Waals surface area (Å²) in [5.41, 5.74) is 0.127. The molecule has 0 amide bonds. The summed E-state index contributed by atoms with van der Waals surface area (Å²) in [6, 6.07) is 0.466. The van der Waals surface area contributed by atoms with Gasteiger partial charge in [0.05, 0.1) is 6.20 Å². The molecule has 0 saturated heterocycles. The number of aromatic nitrogens is 2. The summed E-state index contributed by atoms with van der Waals surface area (Å²) >= 11 is 0. The number of hydrogen-bond donors (Lipinski definition) is 3. The molecule has 0 aliphatic heterocycles. The maximum absolute atomic E-state index is 10.5. The van der Waals surface area contributed by atoms with Gasteiger partial charge in [0.1, 0.15) is 5.69 Å². The number of rotatable bonds is 3. The molecular weight excluding hydrogens is 170 g/mol. The number of anilines is 1. The van der Waals surface area contributed by atoms with E-state index in [9.17, 15) is 4.79 Å². The number of H-pyrrole nitrogens is 1. The SMILES string of the molecule is O=C(O)c1cnc(NC2CCC2)[nH]1. The molecule has 70 valence electrons. The lowest BCUT2D eigenvalue weighted by Gasteiger charge is -2.25. The van der Waals surface area contributed by atoms with Crippen molar-refractivity contribution < 1.29 is 9.90 Å². The van der Waals surface area contributed by atoms with E-state index in [0.29, 0.717) is 12.0 Å². The Morgan fingerprint density at radius 3 is 2.92 bits per heavy atom. The first kappa shape index (κ1) is 8.10. The summed E-state index contributed by atoms with van der Waals surface area (Å²) in [6.07, 6.45) is 4.85. The van der Waals surface area contributed by atoms with Crippen LogP contribution in [0, 0.1) is 0 Å². The Bertz CT molecular complexity index is 317. The molecule has 5 nitrogen and oxygen atoms in total. The smallest absolute Gasteiger partial charge is 0.354 e. The maximum atomic E-state index is 10.5. The Labute approximate surface area is 75.2 Å². The molecule has 1 saturated carbocycles. The fourth-order valence-corrected chi connectivity index (χ4v) is 1.25. The highest BCUT2D eigenvalue weighted by Crippen LogP contribution is 2.21. The van der Waals surface area contributed by atoms with Crippen LogP contribution in [0.2, 0.25) is 0 Å². The predicted molar refractivity (Wildman–Crippen MR) is 46.8 cm³/mol. The van der Waals surface area contributed by atoms with E-state index >= 15 is 0 Å². The number of carbonyl (C=O) groups is 1. The molecule has 3 N–H and O–H groups in total. The van der Waals surface area contributed by atoms with Crippen molar-refractivity contribution in [1.82, 2.24) is 9.97 Å². The molecule has 2 rings (SSSR count). The zero-order valence-electron chi connectivity index (χ0n) is 7.08. The molecule has 0 atom stereocenters. The third-order valence-electron chi connectivity index (χ3n) is 2.25. The molecule has 5 heteroatoms. The van der Waals surface area contributed by atoms with Crippen LogP contribution in [0.3, 0.4) is 0 Å². The highest BCUT2D eigenvalue weighted by molar-refractivity contribution is 5.85. The van der Waals surface area contributed by atoms with Gasteiger partial charge in [-0.3, -0.25) is 0 Å². The second-order valence-corrected chi connectivity index (χ2v) is 3.22. The van der Waals surface area contributed by atoms with Crippen molar-refractivity contribution in [3.63, 3.8) is 0 Å². The molecule has 1 fully saturated rings. The number of imidazole rings is 1. The molecule has 0 bridgehead atoms. The monoisotopic (exact) mass is 181 g/mol. The minimum atomic E-state index is -0.978. The zero-order valence-corrected chi connectivity index (χ0v) is 7.08. The topological polar surface area (TPSA) is 78.0 Å². The van der Waals surface area contributed by atoms with Gasteiger partial charge in [-0.25, -0.2) is 9.78 Å². The van der Waals surface area contributed by atoms with Crippen LogP contribution >= 0.6 is 0 Å². The van der Waals surface area contributed by atoms with Gasteiger partial charge in [-0.2, -0.15) is 0 Å². The molecule has 0 spiro atoms. The van der Waals surface area contributed by atoms with Gasteiger partial charge in [0.25, 0.3) is 0 Å². The fourth-order valence-electron chi connectivity index (χ4n) is 1.25. The summed E-state index contributed by atoms with van der Waals surface area (Å²) < 4.78 is 0. The van der Waals surface area contributed by atoms with Crippen molar-refractivity contribution in [2.24, 2.45) is 0 Å². The largest absolute Gasteiger partial charge is 0.477 e. The molecule has 1 heterocycles.